The SMILES string of the molecule is O=C1C[C@@H](NNc2c(F)c(F)c(F)c(F)c2F)C(=O)N1c1ccc(Cl)cc1. The average Bonchev–Trinajstić information content (AvgIpc) is 2.93. The van der Waals surface area contributed by atoms with Gasteiger partial charge in [-0.25, -0.2) is 32.3 Å². The lowest BCUT2D eigenvalue weighted by Gasteiger charge is -2.17. The predicted octanol–water partition coefficient (Wildman–Crippen LogP) is 3.28. The summed E-state index contributed by atoms with van der Waals surface area (Å²) >= 11 is 5.73. The zero-order valence-electron chi connectivity index (χ0n) is 13.1. The van der Waals surface area contributed by atoms with Gasteiger partial charge >= 0.3 is 0 Å². The minimum Gasteiger partial charge on any atom is -0.315 e. The molecule has 2 N–H and O–H groups in total. The van der Waals surface area contributed by atoms with E-state index in [1.54, 1.807) is 5.43 Å². The minimum absolute atomic E-state index is 0.218. The third-order valence-electron chi connectivity index (χ3n) is 3.81. The van der Waals surface area contributed by atoms with E-state index in [2.05, 4.69) is 5.43 Å². The number of hydrogen-bond acceptors (Lipinski definition) is 4. The highest BCUT2D eigenvalue weighted by Gasteiger charge is 2.40. The molecule has 0 bridgehead atoms. The van der Waals surface area contributed by atoms with Gasteiger partial charge in [-0.2, -0.15) is 0 Å². The molecule has 5 nitrogen and oxygen atoms in total. The van der Waals surface area contributed by atoms with Gasteiger partial charge in [0.2, 0.25) is 11.7 Å². The number of halogens is 6. The molecule has 1 aliphatic rings. The van der Waals surface area contributed by atoms with Crippen LogP contribution in [0.3, 0.4) is 0 Å². The molecule has 1 aliphatic heterocycles. The van der Waals surface area contributed by atoms with E-state index in [0.29, 0.717) is 5.02 Å². The van der Waals surface area contributed by atoms with Crippen LogP contribution in [0.1, 0.15) is 6.42 Å². The molecule has 0 radical (unpaired) electrons. The number of hydrogen-bond donors (Lipinski definition) is 2. The number of benzene rings is 2. The Kier molecular flexibility index (Phi) is 5.03. The minimum atomic E-state index is -2.31. The molecule has 2 amide bonds. The zero-order valence-corrected chi connectivity index (χ0v) is 13.9. The maximum absolute atomic E-state index is 13.6. The molecule has 1 saturated heterocycles. The van der Waals surface area contributed by atoms with E-state index in [9.17, 15) is 31.5 Å². The Hall–Kier alpha value is -2.72. The van der Waals surface area contributed by atoms with Crippen molar-refractivity contribution in [3.05, 3.63) is 58.4 Å². The van der Waals surface area contributed by atoms with Crippen LogP contribution in [0.2, 0.25) is 5.02 Å². The van der Waals surface area contributed by atoms with Crippen molar-refractivity contribution in [2.24, 2.45) is 0 Å². The van der Waals surface area contributed by atoms with Gasteiger partial charge in [0.25, 0.3) is 5.91 Å². The summed E-state index contributed by atoms with van der Waals surface area (Å²) in [6.07, 6.45) is -0.399. The number of rotatable bonds is 4. The number of imide groups is 1. The van der Waals surface area contributed by atoms with Gasteiger partial charge in [-0.05, 0) is 24.3 Å². The van der Waals surface area contributed by atoms with Gasteiger partial charge in [0, 0.05) is 5.02 Å². The maximum atomic E-state index is 13.6. The topological polar surface area (TPSA) is 61.4 Å². The molecule has 27 heavy (non-hydrogen) atoms. The summed E-state index contributed by atoms with van der Waals surface area (Å²) in [5.41, 5.74) is 2.77. The number of nitrogens with one attached hydrogen (secondary N) is 2. The van der Waals surface area contributed by atoms with Gasteiger partial charge < -0.3 is 5.43 Å². The molecular weight excluding hydrogens is 397 g/mol. The quantitative estimate of drug-likeness (QED) is 0.269. The third-order valence-corrected chi connectivity index (χ3v) is 4.06. The van der Waals surface area contributed by atoms with Crippen LogP contribution in [0.4, 0.5) is 33.3 Å². The standard InChI is InChI=1S/C16H9ClF5N3O2/c17-6-1-3-7(4-2-6)25-9(26)5-8(16(25)27)23-24-15-13(21)11(19)10(18)12(20)14(15)22/h1-4,8,23-24H,5H2/t8-/m1/s1. The van der Waals surface area contributed by atoms with Crippen LogP contribution in [0.15, 0.2) is 24.3 Å². The van der Waals surface area contributed by atoms with Gasteiger partial charge in [-0.3, -0.25) is 9.59 Å². The van der Waals surface area contributed by atoms with Gasteiger partial charge in [0.1, 0.15) is 11.7 Å². The number of amides is 2. The van der Waals surface area contributed by atoms with Crippen LogP contribution in [0, 0.1) is 29.1 Å². The monoisotopic (exact) mass is 405 g/mol. The van der Waals surface area contributed by atoms with Crippen molar-refractivity contribution in [3.8, 4) is 0 Å². The lowest BCUT2D eigenvalue weighted by Crippen LogP contribution is -2.42. The first-order valence-corrected chi connectivity index (χ1v) is 7.75. The molecule has 11 heteroatoms. The lowest BCUT2D eigenvalue weighted by molar-refractivity contribution is -0.121. The number of hydrazine groups is 1. The van der Waals surface area contributed by atoms with E-state index in [1.165, 1.54) is 24.3 Å². The molecule has 2 aromatic carbocycles. The zero-order chi connectivity index (χ0) is 19.9. The van der Waals surface area contributed by atoms with Crippen LogP contribution in [-0.4, -0.2) is 17.9 Å². The fourth-order valence-electron chi connectivity index (χ4n) is 2.48. The molecular formula is C16H9ClF5N3O2. The van der Waals surface area contributed by atoms with Crippen molar-refractivity contribution in [1.82, 2.24) is 5.43 Å². The summed E-state index contributed by atoms with van der Waals surface area (Å²) in [5, 5.41) is 0.375. The van der Waals surface area contributed by atoms with Crippen LogP contribution in [0.25, 0.3) is 0 Å². The lowest BCUT2D eigenvalue weighted by atomic mass is 10.2. The molecule has 1 heterocycles. The Labute approximate surface area is 153 Å². The Morgan fingerprint density at radius 3 is 1.96 bits per heavy atom. The maximum Gasteiger partial charge on any atom is 0.253 e. The summed E-state index contributed by atoms with van der Waals surface area (Å²) in [6, 6.07) is 4.44. The Morgan fingerprint density at radius 1 is 0.889 bits per heavy atom. The largest absolute Gasteiger partial charge is 0.315 e. The molecule has 142 valence electrons. The normalized spacial score (nSPS) is 17.0. The number of carbonyl (C=O) groups is 2. The van der Waals surface area contributed by atoms with E-state index < -0.39 is 59.1 Å². The van der Waals surface area contributed by atoms with Crippen LogP contribution < -0.4 is 15.8 Å². The van der Waals surface area contributed by atoms with Crippen molar-refractivity contribution in [2.45, 2.75) is 12.5 Å². The first-order valence-electron chi connectivity index (χ1n) is 7.37. The van der Waals surface area contributed by atoms with Crippen molar-refractivity contribution in [3.63, 3.8) is 0 Å². The molecule has 1 atom stereocenters. The summed E-state index contributed by atoms with van der Waals surface area (Å²) in [6.45, 7) is 0. The van der Waals surface area contributed by atoms with Crippen molar-refractivity contribution in [2.75, 3.05) is 10.3 Å². The molecule has 0 spiro atoms. The Bertz CT molecular complexity index is 910. The van der Waals surface area contributed by atoms with Crippen molar-refractivity contribution >= 4 is 34.8 Å². The highest BCUT2D eigenvalue weighted by Crippen LogP contribution is 2.28. The third kappa shape index (κ3) is 3.33. The summed E-state index contributed by atoms with van der Waals surface area (Å²) in [4.78, 5) is 25.2. The molecule has 3 rings (SSSR count). The first-order chi connectivity index (χ1) is 12.7. The smallest absolute Gasteiger partial charge is 0.253 e. The number of carbonyl (C=O) groups excluding carboxylic acids is 2. The highest BCUT2D eigenvalue weighted by molar-refractivity contribution is 6.30. The predicted molar refractivity (Wildman–Crippen MR) is 85.3 cm³/mol. The molecule has 0 aromatic heterocycles. The highest BCUT2D eigenvalue weighted by atomic mass is 35.5. The molecule has 0 saturated carbocycles. The second-order valence-corrected chi connectivity index (χ2v) is 5.95. The summed E-state index contributed by atoms with van der Waals surface area (Å²) in [7, 11) is 0. The van der Waals surface area contributed by atoms with Crippen LogP contribution in [0.5, 0.6) is 0 Å². The number of anilines is 2. The summed E-state index contributed by atoms with van der Waals surface area (Å²) in [5.74, 6) is -12.2. The van der Waals surface area contributed by atoms with Crippen LogP contribution in [-0.2, 0) is 9.59 Å². The second kappa shape index (κ2) is 7.12. The van der Waals surface area contributed by atoms with E-state index in [-0.39, 0.29) is 5.69 Å². The fourth-order valence-corrected chi connectivity index (χ4v) is 2.61. The van der Waals surface area contributed by atoms with E-state index >= 15 is 0 Å². The Morgan fingerprint density at radius 2 is 1.41 bits per heavy atom. The van der Waals surface area contributed by atoms with Gasteiger partial charge in [0.05, 0.1) is 12.1 Å². The van der Waals surface area contributed by atoms with Gasteiger partial charge in [-0.15, -0.1) is 0 Å². The Balaban J connectivity index is 1.79. The van der Waals surface area contributed by atoms with Gasteiger partial charge in [0.15, 0.2) is 23.3 Å². The number of nitrogens with zero attached hydrogens (tertiary/aromatic N) is 1. The molecule has 0 aliphatic carbocycles. The fraction of sp³-hybridized carbons (Fsp3) is 0.125. The van der Waals surface area contributed by atoms with E-state index in [0.717, 1.165) is 4.90 Å². The van der Waals surface area contributed by atoms with E-state index in [1.807, 2.05) is 0 Å². The second-order valence-electron chi connectivity index (χ2n) is 5.51. The van der Waals surface area contributed by atoms with Gasteiger partial charge in [-0.1, -0.05) is 11.6 Å². The first kappa shape index (κ1) is 19.1. The summed E-state index contributed by atoms with van der Waals surface area (Å²) < 4.78 is 66.7. The molecule has 0 unspecified atom stereocenters. The van der Waals surface area contributed by atoms with Crippen molar-refractivity contribution in [1.29, 1.82) is 0 Å². The van der Waals surface area contributed by atoms with Crippen LogP contribution >= 0.6 is 11.6 Å². The molecule has 2 aromatic rings. The van der Waals surface area contributed by atoms with Crippen molar-refractivity contribution < 1.29 is 31.5 Å². The molecule has 1 fully saturated rings. The average molecular weight is 406 g/mol. The van der Waals surface area contributed by atoms with E-state index in [4.69, 9.17) is 11.6 Å².